The lowest BCUT2D eigenvalue weighted by molar-refractivity contribution is -0.140. The number of aromatic hydroxyl groups is 1. The van der Waals surface area contributed by atoms with Gasteiger partial charge in [0.05, 0.1) is 18.8 Å². The van der Waals surface area contributed by atoms with Crippen LogP contribution in [0, 0.1) is 0 Å². The highest BCUT2D eigenvalue weighted by Gasteiger charge is 2.20. The van der Waals surface area contributed by atoms with Crippen molar-refractivity contribution in [2.24, 2.45) is 0 Å². The van der Waals surface area contributed by atoms with Crippen LogP contribution in [-0.4, -0.2) is 41.1 Å². The van der Waals surface area contributed by atoms with Crippen molar-refractivity contribution in [2.45, 2.75) is 51.2 Å². The van der Waals surface area contributed by atoms with Gasteiger partial charge in [0.2, 0.25) is 0 Å². The van der Waals surface area contributed by atoms with E-state index in [4.69, 9.17) is 19.3 Å². The van der Waals surface area contributed by atoms with E-state index >= 15 is 0 Å². The predicted molar refractivity (Wildman–Crippen MR) is 149 cm³/mol. The fraction of sp³-hybridized carbons (Fsp3) is 0.281. The highest BCUT2D eigenvalue weighted by atomic mass is 16.5. The molecule has 0 radical (unpaired) electrons. The van der Waals surface area contributed by atoms with E-state index < -0.39 is 5.97 Å². The van der Waals surface area contributed by atoms with Crippen LogP contribution in [0.3, 0.4) is 0 Å². The van der Waals surface area contributed by atoms with Crippen molar-refractivity contribution in [1.29, 1.82) is 0 Å². The number of ketones is 1. The standard InChI is InChI=1S/C32H32O8/c1-38-31(36)17-12-23-18-24(32(37)27-14-13-26(19-28(27)33)40-25-4-2-3-5-25)11-15-29(23)39-20-22-8-6-21(7-9-22)10-16-30(34)35/h6-11,13-16,18-19,25,33H,2-5,12,17,20H2,1H3,(H,34,35). The Labute approximate surface area is 232 Å². The summed E-state index contributed by atoms with van der Waals surface area (Å²) in [7, 11) is 1.32. The number of aryl methyl sites for hydroxylation is 1. The van der Waals surface area contributed by atoms with Crippen molar-refractivity contribution in [3.63, 3.8) is 0 Å². The van der Waals surface area contributed by atoms with Crippen LogP contribution in [0.1, 0.15) is 64.7 Å². The zero-order valence-corrected chi connectivity index (χ0v) is 22.3. The number of rotatable bonds is 12. The van der Waals surface area contributed by atoms with Crippen LogP contribution in [0.15, 0.2) is 66.7 Å². The fourth-order valence-corrected chi connectivity index (χ4v) is 4.58. The summed E-state index contributed by atoms with van der Waals surface area (Å²) < 4.78 is 16.7. The molecule has 0 saturated heterocycles. The Hall–Kier alpha value is -4.59. The summed E-state index contributed by atoms with van der Waals surface area (Å²) in [5.74, 6) is -0.869. The van der Waals surface area contributed by atoms with E-state index in [2.05, 4.69) is 0 Å². The lowest BCUT2D eigenvalue weighted by Crippen LogP contribution is -2.11. The minimum Gasteiger partial charge on any atom is -0.507 e. The average molecular weight is 545 g/mol. The number of hydrogen-bond acceptors (Lipinski definition) is 7. The smallest absolute Gasteiger partial charge is 0.328 e. The maximum atomic E-state index is 13.3. The first-order chi connectivity index (χ1) is 19.3. The first-order valence-electron chi connectivity index (χ1n) is 13.2. The quantitative estimate of drug-likeness (QED) is 0.169. The zero-order chi connectivity index (χ0) is 28.5. The normalized spacial score (nSPS) is 13.3. The first-order valence-corrected chi connectivity index (χ1v) is 13.2. The van der Waals surface area contributed by atoms with Gasteiger partial charge in [-0.05, 0) is 85.2 Å². The molecule has 8 heteroatoms. The summed E-state index contributed by atoms with van der Waals surface area (Å²) in [6.07, 6.45) is 7.34. The average Bonchev–Trinajstić information content (AvgIpc) is 3.47. The second-order valence-corrected chi connectivity index (χ2v) is 9.63. The van der Waals surface area contributed by atoms with Gasteiger partial charge in [-0.3, -0.25) is 9.59 Å². The molecule has 4 rings (SSSR count). The summed E-state index contributed by atoms with van der Waals surface area (Å²) >= 11 is 0. The van der Waals surface area contributed by atoms with Gasteiger partial charge in [-0.1, -0.05) is 24.3 Å². The van der Waals surface area contributed by atoms with Crippen LogP contribution < -0.4 is 9.47 Å². The topological polar surface area (TPSA) is 119 Å². The third kappa shape index (κ3) is 7.72. The molecule has 1 fully saturated rings. The molecule has 0 aliphatic heterocycles. The van der Waals surface area contributed by atoms with Gasteiger partial charge in [0, 0.05) is 24.1 Å². The molecule has 0 aromatic heterocycles. The van der Waals surface area contributed by atoms with Crippen molar-refractivity contribution in [2.75, 3.05) is 7.11 Å². The van der Waals surface area contributed by atoms with Gasteiger partial charge in [-0.15, -0.1) is 0 Å². The Kier molecular flexibility index (Phi) is 9.57. The van der Waals surface area contributed by atoms with Gasteiger partial charge in [0.25, 0.3) is 0 Å². The molecule has 0 bridgehead atoms. The summed E-state index contributed by atoms with van der Waals surface area (Å²) in [4.78, 5) is 35.8. The van der Waals surface area contributed by atoms with Crippen molar-refractivity contribution in [1.82, 2.24) is 0 Å². The van der Waals surface area contributed by atoms with Gasteiger partial charge >= 0.3 is 11.9 Å². The number of hydrogen-bond donors (Lipinski definition) is 2. The van der Waals surface area contributed by atoms with E-state index in [-0.39, 0.29) is 42.2 Å². The molecule has 3 aromatic rings. The monoisotopic (exact) mass is 544 g/mol. The summed E-state index contributed by atoms with van der Waals surface area (Å²) in [6.45, 7) is 0.227. The number of carboxylic acid groups (broad SMARTS) is 1. The molecule has 0 unspecified atom stereocenters. The number of esters is 1. The highest BCUT2D eigenvalue weighted by molar-refractivity contribution is 6.11. The van der Waals surface area contributed by atoms with Crippen molar-refractivity contribution in [3.05, 3.63) is 94.6 Å². The SMILES string of the molecule is COC(=O)CCc1cc(C(=O)c2ccc(OC3CCCC3)cc2O)ccc1OCc1ccc(C=CC(=O)O)cc1. The maximum absolute atomic E-state index is 13.3. The van der Waals surface area contributed by atoms with E-state index in [1.807, 2.05) is 12.1 Å². The third-order valence-corrected chi connectivity index (χ3v) is 6.76. The van der Waals surface area contributed by atoms with E-state index in [1.54, 1.807) is 42.5 Å². The Morgan fingerprint density at radius 1 is 0.975 bits per heavy atom. The Morgan fingerprint density at radius 3 is 2.40 bits per heavy atom. The van der Waals surface area contributed by atoms with E-state index in [1.165, 1.54) is 19.3 Å². The molecule has 0 amide bonds. The highest BCUT2D eigenvalue weighted by Crippen LogP contribution is 2.31. The molecule has 1 aliphatic carbocycles. The Morgan fingerprint density at radius 2 is 1.73 bits per heavy atom. The van der Waals surface area contributed by atoms with E-state index in [0.717, 1.165) is 42.9 Å². The number of carbonyl (C=O) groups excluding carboxylic acids is 2. The Bertz CT molecular complexity index is 1380. The van der Waals surface area contributed by atoms with Crippen molar-refractivity contribution in [3.8, 4) is 17.2 Å². The number of aliphatic carboxylic acids is 1. The molecule has 2 N–H and O–H groups in total. The van der Waals surface area contributed by atoms with Crippen molar-refractivity contribution >= 4 is 23.8 Å². The molecule has 0 heterocycles. The number of carboxylic acids is 1. The van der Waals surface area contributed by atoms with Gasteiger partial charge in [-0.2, -0.15) is 0 Å². The number of ether oxygens (including phenoxy) is 3. The largest absolute Gasteiger partial charge is 0.507 e. The zero-order valence-electron chi connectivity index (χ0n) is 22.3. The third-order valence-electron chi connectivity index (χ3n) is 6.76. The molecule has 40 heavy (non-hydrogen) atoms. The Balaban J connectivity index is 1.50. The van der Waals surface area contributed by atoms with Gasteiger partial charge in [-0.25, -0.2) is 4.79 Å². The van der Waals surface area contributed by atoms with Crippen molar-refractivity contribution < 1.29 is 38.8 Å². The van der Waals surface area contributed by atoms with Gasteiger partial charge < -0.3 is 24.4 Å². The molecule has 3 aromatic carbocycles. The lowest BCUT2D eigenvalue weighted by Gasteiger charge is -2.15. The molecule has 1 saturated carbocycles. The minimum atomic E-state index is -1.02. The minimum absolute atomic E-state index is 0.105. The molecule has 8 nitrogen and oxygen atoms in total. The van der Waals surface area contributed by atoms with Gasteiger partial charge in [0.1, 0.15) is 23.9 Å². The van der Waals surface area contributed by atoms with E-state index in [9.17, 15) is 19.5 Å². The van der Waals surface area contributed by atoms with Crippen LogP contribution in [0.25, 0.3) is 6.08 Å². The fourth-order valence-electron chi connectivity index (χ4n) is 4.58. The summed E-state index contributed by atoms with van der Waals surface area (Å²) in [6, 6.07) is 16.9. The maximum Gasteiger partial charge on any atom is 0.328 e. The lowest BCUT2D eigenvalue weighted by atomic mass is 9.98. The molecule has 0 atom stereocenters. The molecule has 0 spiro atoms. The number of phenolic OH excluding ortho intramolecular Hbond substituents is 1. The first kappa shape index (κ1) is 28.4. The van der Waals surface area contributed by atoms with Gasteiger partial charge in [0.15, 0.2) is 5.78 Å². The second-order valence-electron chi connectivity index (χ2n) is 9.63. The number of benzene rings is 3. The summed E-state index contributed by atoms with van der Waals surface area (Å²) in [5, 5.41) is 19.4. The molecule has 208 valence electrons. The number of carbonyl (C=O) groups is 3. The number of phenols is 1. The molecule has 1 aliphatic rings. The molecular formula is C32H32O8. The predicted octanol–water partition coefficient (Wildman–Crippen LogP) is 5.73. The number of methoxy groups -OCH3 is 1. The van der Waals surface area contributed by atoms with Crippen LogP contribution in [0.4, 0.5) is 0 Å². The van der Waals surface area contributed by atoms with E-state index in [0.29, 0.717) is 29.0 Å². The summed E-state index contributed by atoms with van der Waals surface area (Å²) in [5.41, 5.74) is 2.76. The van der Waals surface area contributed by atoms with Crippen LogP contribution in [0.5, 0.6) is 17.2 Å². The van der Waals surface area contributed by atoms with Crippen LogP contribution in [-0.2, 0) is 27.4 Å². The van der Waals surface area contributed by atoms with Crippen LogP contribution >= 0.6 is 0 Å². The second kappa shape index (κ2) is 13.5. The molecular weight excluding hydrogens is 512 g/mol. The van der Waals surface area contributed by atoms with Crippen LogP contribution in [0.2, 0.25) is 0 Å².